The molecule has 0 bridgehead atoms. The van der Waals surface area contributed by atoms with E-state index in [0.29, 0.717) is 13.0 Å². The highest BCUT2D eigenvalue weighted by molar-refractivity contribution is 6.99. The van der Waals surface area contributed by atoms with Gasteiger partial charge < -0.3 is 29.6 Å². The number of hydrogen-bond acceptors (Lipinski definition) is 5. The number of benzene rings is 2. The van der Waals surface area contributed by atoms with Gasteiger partial charge in [-0.05, 0) is 42.6 Å². The molecule has 1 aliphatic rings. The van der Waals surface area contributed by atoms with Crippen LogP contribution in [0.1, 0.15) is 48.0 Å². The van der Waals surface area contributed by atoms with Crippen molar-refractivity contribution in [3.63, 3.8) is 0 Å². The Morgan fingerprint density at radius 3 is 1.92 bits per heavy atom. The molecule has 0 aromatic heterocycles. The van der Waals surface area contributed by atoms with Gasteiger partial charge in [0.05, 0.1) is 12.6 Å². The van der Waals surface area contributed by atoms with Crippen LogP contribution in [0.25, 0.3) is 0 Å². The Morgan fingerprint density at radius 1 is 0.974 bits per heavy atom. The molecule has 0 unspecified atom stereocenters. The first kappa shape index (κ1) is 29.7. The molecule has 0 spiro atoms. The molecule has 1 fully saturated rings. The number of rotatable bonds is 8. The Kier molecular flexibility index (Phi) is 9.28. The summed E-state index contributed by atoms with van der Waals surface area (Å²) in [5.74, 6) is -0.485. The zero-order chi connectivity index (χ0) is 28.1. The molecular formula is C29H42N2O6Si. The SMILES string of the molecule is CC(C)(C)OC(=O)N[C@H](CCO[Si](c1ccccc1)(c1ccccc1)C(C)(C)C)[C@H]1CN(C(=O)O)C[C@H]1O. The smallest absolute Gasteiger partial charge is 0.407 e. The van der Waals surface area contributed by atoms with Gasteiger partial charge >= 0.3 is 12.2 Å². The van der Waals surface area contributed by atoms with Crippen molar-refractivity contribution in [3.05, 3.63) is 60.7 Å². The maximum Gasteiger partial charge on any atom is 0.407 e. The van der Waals surface area contributed by atoms with Crippen LogP contribution in [0.5, 0.6) is 0 Å². The normalized spacial score (nSPS) is 19.2. The Balaban J connectivity index is 1.91. The monoisotopic (exact) mass is 542 g/mol. The van der Waals surface area contributed by atoms with E-state index in [9.17, 15) is 19.8 Å². The molecular weight excluding hydrogens is 500 g/mol. The first-order chi connectivity index (χ1) is 17.7. The summed E-state index contributed by atoms with van der Waals surface area (Å²) in [5.41, 5.74) is -0.693. The summed E-state index contributed by atoms with van der Waals surface area (Å²) in [5, 5.41) is 25.2. The molecule has 0 aliphatic carbocycles. The number of nitrogens with one attached hydrogen (secondary N) is 1. The van der Waals surface area contributed by atoms with Gasteiger partial charge in [-0.1, -0.05) is 81.4 Å². The van der Waals surface area contributed by atoms with Gasteiger partial charge in [0.25, 0.3) is 8.32 Å². The highest BCUT2D eigenvalue weighted by atomic mass is 28.4. The van der Waals surface area contributed by atoms with E-state index in [4.69, 9.17) is 9.16 Å². The van der Waals surface area contributed by atoms with Crippen molar-refractivity contribution in [2.45, 2.75) is 70.7 Å². The van der Waals surface area contributed by atoms with Gasteiger partial charge in [0.2, 0.25) is 0 Å². The second-order valence-corrected chi connectivity index (χ2v) is 16.3. The number of nitrogens with zero attached hydrogens (tertiary/aromatic N) is 1. The van der Waals surface area contributed by atoms with Crippen molar-refractivity contribution in [1.82, 2.24) is 10.2 Å². The molecule has 3 N–H and O–H groups in total. The number of hydrogen-bond donors (Lipinski definition) is 3. The van der Waals surface area contributed by atoms with E-state index in [0.717, 1.165) is 10.4 Å². The van der Waals surface area contributed by atoms with Crippen LogP contribution >= 0.6 is 0 Å². The second kappa shape index (κ2) is 11.9. The summed E-state index contributed by atoms with van der Waals surface area (Å²) in [7, 11) is -2.79. The standard InChI is InChI=1S/C29H42N2O6Si/c1-28(2,3)37-26(33)30-24(23-19-31(27(34)35)20-25(23)32)17-18-36-38(29(4,5)6,21-13-9-7-10-14-21)22-15-11-8-12-16-22/h7-16,23-25,32H,17-20H2,1-6H3,(H,30,33)(H,34,35)/t23-,24-,25-/m1/s1. The first-order valence-electron chi connectivity index (χ1n) is 13.1. The van der Waals surface area contributed by atoms with Crippen molar-refractivity contribution >= 4 is 30.9 Å². The number of aliphatic hydroxyl groups excluding tert-OH is 1. The lowest BCUT2D eigenvalue weighted by Crippen LogP contribution is -2.66. The van der Waals surface area contributed by atoms with Gasteiger partial charge in [-0.25, -0.2) is 9.59 Å². The molecule has 2 aromatic rings. The molecule has 1 saturated heterocycles. The minimum Gasteiger partial charge on any atom is -0.465 e. The van der Waals surface area contributed by atoms with Gasteiger partial charge in [-0.15, -0.1) is 0 Å². The third-order valence-corrected chi connectivity index (χ3v) is 12.0. The minimum atomic E-state index is -2.79. The summed E-state index contributed by atoms with van der Waals surface area (Å²) < 4.78 is 12.5. The number of likely N-dealkylation sites (tertiary alicyclic amines) is 1. The fraction of sp³-hybridized carbons (Fsp3) is 0.517. The summed E-state index contributed by atoms with van der Waals surface area (Å²) >= 11 is 0. The first-order valence-corrected chi connectivity index (χ1v) is 15.1. The fourth-order valence-electron chi connectivity index (χ4n) is 5.32. The summed E-state index contributed by atoms with van der Waals surface area (Å²) in [6.07, 6.45) is -2.21. The molecule has 3 rings (SSSR count). The Morgan fingerprint density at radius 2 is 1.50 bits per heavy atom. The van der Waals surface area contributed by atoms with Crippen LogP contribution in [-0.4, -0.2) is 73.1 Å². The minimum absolute atomic E-state index is 0.00205. The number of β-amino-alcohol motifs (C(OH)–C–C–N with tert-alkyl or cyclic N) is 1. The number of amides is 2. The average molecular weight is 543 g/mol. The maximum absolute atomic E-state index is 12.7. The highest BCUT2D eigenvalue weighted by Gasteiger charge is 2.50. The average Bonchev–Trinajstić information content (AvgIpc) is 3.22. The van der Waals surface area contributed by atoms with Crippen molar-refractivity contribution in [2.75, 3.05) is 19.7 Å². The zero-order valence-corrected chi connectivity index (χ0v) is 24.3. The van der Waals surface area contributed by atoms with Crippen molar-refractivity contribution in [2.24, 2.45) is 5.92 Å². The van der Waals surface area contributed by atoms with E-state index in [1.165, 1.54) is 4.90 Å². The predicted octanol–water partition coefficient (Wildman–Crippen LogP) is 3.82. The van der Waals surface area contributed by atoms with Gasteiger partial charge in [-0.3, -0.25) is 0 Å². The summed E-state index contributed by atoms with van der Waals surface area (Å²) in [4.78, 5) is 25.5. The number of carboxylic acid groups (broad SMARTS) is 1. The van der Waals surface area contributed by atoms with Crippen LogP contribution in [0.15, 0.2) is 60.7 Å². The molecule has 208 valence electrons. The van der Waals surface area contributed by atoms with Gasteiger partial charge in [0.1, 0.15) is 5.60 Å². The van der Waals surface area contributed by atoms with Crippen LogP contribution < -0.4 is 15.7 Å². The number of alkyl carbamates (subject to hydrolysis) is 1. The Hall–Kier alpha value is -2.88. The Labute approximate surface area is 227 Å². The maximum atomic E-state index is 12.7. The van der Waals surface area contributed by atoms with Crippen molar-refractivity contribution < 1.29 is 29.0 Å². The lowest BCUT2D eigenvalue weighted by molar-refractivity contribution is 0.0437. The number of ether oxygens (including phenoxy) is 1. The third kappa shape index (κ3) is 6.95. The van der Waals surface area contributed by atoms with Crippen LogP contribution in [0.3, 0.4) is 0 Å². The highest BCUT2D eigenvalue weighted by Crippen LogP contribution is 2.37. The number of carbonyl (C=O) groups is 2. The molecule has 2 aromatic carbocycles. The molecule has 3 atom stereocenters. The third-order valence-electron chi connectivity index (χ3n) is 6.99. The molecule has 38 heavy (non-hydrogen) atoms. The molecule has 0 radical (unpaired) electrons. The second-order valence-electron chi connectivity index (χ2n) is 12.0. The van der Waals surface area contributed by atoms with E-state index in [2.05, 4.69) is 50.4 Å². The summed E-state index contributed by atoms with van der Waals surface area (Å²) in [6, 6.07) is 20.0. The molecule has 2 amide bonds. The van der Waals surface area contributed by atoms with Crippen LogP contribution in [0, 0.1) is 5.92 Å². The van der Waals surface area contributed by atoms with E-state index in [-0.39, 0.29) is 18.1 Å². The van der Waals surface area contributed by atoms with E-state index >= 15 is 0 Å². The van der Waals surface area contributed by atoms with Gasteiger partial charge in [-0.2, -0.15) is 0 Å². The van der Waals surface area contributed by atoms with E-state index in [1.807, 2.05) is 36.4 Å². The fourth-order valence-corrected chi connectivity index (χ4v) is 9.90. The predicted molar refractivity (Wildman–Crippen MR) is 150 cm³/mol. The Bertz CT molecular complexity index is 1030. The lowest BCUT2D eigenvalue weighted by atomic mass is 9.94. The van der Waals surface area contributed by atoms with Crippen LogP contribution in [0.2, 0.25) is 5.04 Å². The lowest BCUT2D eigenvalue weighted by Gasteiger charge is -2.43. The zero-order valence-electron chi connectivity index (χ0n) is 23.3. The molecule has 1 aliphatic heterocycles. The van der Waals surface area contributed by atoms with Crippen LogP contribution in [-0.2, 0) is 9.16 Å². The number of carbonyl (C=O) groups excluding carboxylic acids is 1. The largest absolute Gasteiger partial charge is 0.465 e. The topological polar surface area (TPSA) is 108 Å². The molecule has 8 nitrogen and oxygen atoms in total. The van der Waals surface area contributed by atoms with Crippen molar-refractivity contribution in [1.29, 1.82) is 0 Å². The summed E-state index contributed by atoms with van der Waals surface area (Å²) in [6.45, 7) is 12.4. The van der Waals surface area contributed by atoms with Gasteiger partial charge in [0.15, 0.2) is 0 Å². The molecule has 9 heteroatoms. The number of aliphatic hydroxyl groups is 1. The van der Waals surface area contributed by atoms with Gasteiger partial charge in [0, 0.05) is 25.1 Å². The molecule has 1 heterocycles. The quantitative estimate of drug-likeness (QED) is 0.438. The van der Waals surface area contributed by atoms with E-state index < -0.39 is 44.2 Å². The van der Waals surface area contributed by atoms with E-state index in [1.54, 1.807) is 20.8 Å². The van der Waals surface area contributed by atoms with Crippen LogP contribution in [0.4, 0.5) is 9.59 Å². The molecule has 0 saturated carbocycles. The van der Waals surface area contributed by atoms with Crippen molar-refractivity contribution in [3.8, 4) is 0 Å².